The number of hydrogen-bond donors (Lipinski definition) is 1. The predicted octanol–water partition coefficient (Wildman–Crippen LogP) is 4.72. The SMILES string of the molecule is CC(C)(C)CN1Cc2c(Oc3ccc(N)cc3Cl)cccc2C1=O. The van der Waals surface area contributed by atoms with Crippen molar-refractivity contribution in [2.24, 2.45) is 5.41 Å². The molecule has 5 heteroatoms. The van der Waals surface area contributed by atoms with Gasteiger partial charge in [0.2, 0.25) is 0 Å². The highest BCUT2D eigenvalue weighted by atomic mass is 35.5. The van der Waals surface area contributed by atoms with E-state index in [0.717, 1.165) is 5.56 Å². The van der Waals surface area contributed by atoms with E-state index in [-0.39, 0.29) is 11.3 Å². The van der Waals surface area contributed by atoms with Gasteiger partial charge in [-0.3, -0.25) is 4.79 Å². The zero-order chi connectivity index (χ0) is 17.5. The minimum Gasteiger partial charge on any atom is -0.455 e. The molecule has 0 spiro atoms. The molecule has 2 aromatic carbocycles. The molecule has 24 heavy (non-hydrogen) atoms. The number of carbonyl (C=O) groups excluding carboxylic acids is 1. The molecule has 1 aliphatic rings. The first-order valence-corrected chi connectivity index (χ1v) is 8.26. The fourth-order valence-corrected chi connectivity index (χ4v) is 3.10. The minimum absolute atomic E-state index is 0.0407. The fraction of sp³-hybridized carbons (Fsp3) is 0.316. The second-order valence-corrected chi connectivity index (χ2v) is 7.70. The molecule has 0 saturated carbocycles. The van der Waals surface area contributed by atoms with E-state index in [2.05, 4.69) is 20.8 Å². The van der Waals surface area contributed by atoms with Crippen molar-refractivity contribution < 1.29 is 9.53 Å². The van der Waals surface area contributed by atoms with Crippen molar-refractivity contribution in [3.8, 4) is 11.5 Å². The molecule has 0 aromatic heterocycles. The Hall–Kier alpha value is -2.20. The van der Waals surface area contributed by atoms with E-state index in [0.29, 0.717) is 40.9 Å². The molecule has 1 amide bonds. The summed E-state index contributed by atoms with van der Waals surface area (Å²) in [6.07, 6.45) is 0. The average Bonchev–Trinajstić information content (AvgIpc) is 2.78. The molecule has 3 rings (SSSR count). The summed E-state index contributed by atoms with van der Waals surface area (Å²) in [6.45, 7) is 7.61. The van der Waals surface area contributed by atoms with Gasteiger partial charge in [-0.15, -0.1) is 0 Å². The predicted molar refractivity (Wildman–Crippen MR) is 96.6 cm³/mol. The first-order chi connectivity index (χ1) is 11.2. The molecule has 0 atom stereocenters. The van der Waals surface area contributed by atoms with Crippen molar-refractivity contribution in [3.63, 3.8) is 0 Å². The molecule has 0 radical (unpaired) electrons. The van der Waals surface area contributed by atoms with E-state index < -0.39 is 0 Å². The number of nitrogen functional groups attached to an aromatic ring is 1. The number of carbonyl (C=O) groups is 1. The van der Waals surface area contributed by atoms with Crippen molar-refractivity contribution in [2.75, 3.05) is 12.3 Å². The van der Waals surface area contributed by atoms with Gasteiger partial charge in [-0.05, 0) is 35.7 Å². The number of nitrogens with zero attached hydrogens (tertiary/aromatic N) is 1. The molecule has 0 aliphatic carbocycles. The van der Waals surface area contributed by atoms with Gasteiger partial charge in [-0.25, -0.2) is 0 Å². The number of amides is 1. The highest BCUT2D eigenvalue weighted by Crippen LogP contribution is 2.37. The van der Waals surface area contributed by atoms with Crippen molar-refractivity contribution in [3.05, 3.63) is 52.5 Å². The molecule has 0 bridgehead atoms. The molecule has 126 valence electrons. The number of hydrogen-bond acceptors (Lipinski definition) is 3. The summed E-state index contributed by atoms with van der Waals surface area (Å²) in [4.78, 5) is 14.5. The quantitative estimate of drug-likeness (QED) is 0.820. The van der Waals surface area contributed by atoms with Gasteiger partial charge in [0.25, 0.3) is 5.91 Å². The normalized spacial score (nSPS) is 14.0. The van der Waals surface area contributed by atoms with Crippen LogP contribution in [0.4, 0.5) is 5.69 Å². The highest BCUT2D eigenvalue weighted by molar-refractivity contribution is 6.32. The fourth-order valence-electron chi connectivity index (χ4n) is 2.88. The number of nitrogens with two attached hydrogens (primary N) is 1. The maximum atomic E-state index is 12.6. The van der Waals surface area contributed by atoms with Crippen LogP contribution in [0.5, 0.6) is 11.5 Å². The van der Waals surface area contributed by atoms with E-state index >= 15 is 0 Å². The summed E-state index contributed by atoms with van der Waals surface area (Å²) in [5.74, 6) is 1.23. The lowest BCUT2D eigenvalue weighted by atomic mass is 9.96. The first-order valence-electron chi connectivity index (χ1n) is 7.89. The Bertz CT molecular complexity index is 796. The van der Waals surface area contributed by atoms with Crippen LogP contribution in [0.3, 0.4) is 0 Å². The van der Waals surface area contributed by atoms with Crippen molar-refractivity contribution in [1.82, 2.24) is 4.90 Å². The van der Waals surface area contributed by atoms with Crippen LogP contribution < -0.4 is 10.5 Å². The number of fused-ring (bicyclic) bond motifs is 1. The smallest absolute Gasteiger partial charge is 0.254 e. The number of ether oxygens (including phenoxy) is 1. The van der Waals surface area contributed by atoms with Gasteiger partial charge in [-0.2, -0.15) is 0 Å². The Labute approximate surface area is 147 Å². The summed E-state index contributed by atoms with van der Waals surface area (Å²) < 4.78 is 5.97. The van der Waals surface area contributed by atoms with Gasteiger partial charge in [0.1, 0.15) is 11.5 Å². The van der Waals surface area contributed by atoms with Gasteiger partial charge < -0.3 is 15.4 Å². The van der Waals surface area contributed by atoms with Gasteiger partial charge in [0.15, 0.2) is 0 Å². The largest absolute Gasteiger partial charge is 0.455 e. The zero-order valence-corrected chi connectivity index (χ0v) is 14.9. The maximum absolute atomic E-state index is 12.6. The van der Waals surface area contributed by atoms with Crippen LogP contribution in [0.25, 0.3) is 0 Å². The molecule has 2 aromatic rings. The maximum Gasteiger partial charge on any atom is 0.254 e. The Kier molecular flexibility index (Phi) is 4.18. The Morgan fingerprint density at radius 2 is 1.96 bits per heavy atom. The number of rotatable bonds is 3. The second-order valence-electron chi connectivity index (χ2n) is 7.30. The van der Waals surface area contributed by atoms with Crippen LogP contribution in [0.1, 0.15) is 36.7 Å². The molecule has 2 N–H and O–H groups in total. The van der Waals surface area contributed by atoms with Crippen molar-refractivity contribution in [2.45, 2.75) is 27.3 Å². The summed E-state index contributed by atoms with van der Waals surface area (Å²) in [7, 11) is 0. The minimum atomic E-state index is 0.0407. The van der Waals surface area contributed by atoms with Crippen molar-refractivity contribution >= 4 is 23.2 Å². The average molecular weight is 345 g/mol. The lowest BCUT2D eigenvalue weighted by Gasteiger charge is -2.26. The molecular weight excluding hydrogens is 324 g/mol. The summed E-state index contributed by atoms with van der Waals surface area (Å²) in [5, 5.41) is 0.448. The van der Waals surface area contributed by atoms with Crippen molar-refractivity contribution in [1.29, 1.82) is 0 Å². The monoisotopic (exact) mass is 344 g/mol. The van der Waals surface area contributed by atoms with Gasteiger partial charge in [-0.1, -0.05) is 38.4 Å². The lowest BCUT2D eigenvalue weighted by Crippen LogP contribution is -2.32. The van der Waals surface area contributed by atoms with Crippen LogP contribution in [0, 0.1) is 5.41 Å². The second kappa shape index (κ2) is 6.02. The molecule has 4 nitrogen and oxygen atoms in total. The van der Waals surface area contributed by atoms with Crippen LogP contribution in [-0.4, -0.2) is 17.4 Å². The van der Waals surface area contributed by atoms with E-state index in [1.807, 2.05) is 23.1 Å². The van der Waals surface area contributed by atoms with E-state index in [1.54, 1.807) is 18.2 Å². The topological polar surface area (TPSA) is 55.6 Å². The van der Waals surface area contributed by atoms with Gasteiger partial charge in [0.05, 0.1) is 11.6 Å². The summed E-state index contributed by atoms with van der Waals surface area (Å²) in [6, 6.07) is 10.7. The molecule has 0 unspecified atom stereocenters. The Morgan fingerprint density at radius 3 is 2.62 bits per heavy atom. The third-order valence-electron chi connectivity index (χ3n) is 3.84. The summed E-state index contributed by atoms with van der Waals surface area (Å²) >= 11 is 6.19. The van der Waals surface area contributed by atoms with E-state index in [9.17, 15) is 4.79 Å². The first kappa shape index (κ1) is 16.7. The zero-order valence-electron chi connectivity index (χ0n) is 14.1. The molecule has 0 fully saturated rings. The summed E-state index contributed by atoms with van der Waals surface area (Å²) in [5.41, 5.74) is 7.94. The third-order valence-corrected chi connectivity index (χ3v) is 4.14. The van der Waals surface area contributed by atoms with Crippen LogP contribution in [0.15, 0.2) is 36.4 Å². The molecular formula is C19H21ClN2O2. The van der Waals surface area contributed by atoms with Gasteiger partial charge >= 0.3 is 0 Å². The number of benzene rings is 2. The van der Waals surface area contributed by atoms with Crippen LogP contribution in [-0.2, 0) is 6.54 Å². The van der Waals surface area contributed by atoms with E-state index in [1.165, 1.54) is 0 Å². The standard InChI is InChI=1S/C19H21ClN2O2/c1-19(2,3)11-22-10-14-13(18(22)23)5-4-6-16(14)24-17-8-7-12(21)9-15(17)20/h4-9H,10-11,21H2,1-3H3. The third kappa shape index (κ3) is 3.34. The van der Waals surface area contributed by atoms with Crippen LogP contribution >= 0.6 is 11.6 Å². The van der Waals surface area contributed by atoms with E-state index in [4.69, 9.17) is 22.1 Å². The Morgan fingerprint density at radius 1 is 1.21 bits per heavy atom. The Balaban J connectivity index is 1.90. The van der Waals surface area contributed by atoms with Crippen LogP contribution in [0.2, 0.25) is 5.02 Å². The van der Waals surface area contributed by atoms with Gasteiger partial charge in [0, 0.05) is 23.4 Å². The molecule has 1 aliphatic heterocycles. The molecule has 0 saturated heterocycles. The molecule has 1 heterocycles. The number of halogens is 1. The lowest BCUT2D eigenvalue weighted by molar-refractivity contribution is 0.0720. The highest BCUT2D eigenvalue weighted by Gasteiger charge is 2.32. The number of anilines is 1.